The average Bonchev–Trinajstić information content (AvgIpc) is 2.92. The first-order chi connectivity index (χ1) is 12.7. The van der Waals surface area contributed by atoms with Gasteiger partial charge in [0.1, 0.15) is 12.7 Å². The second kappa shape index (κ2) is 7.16. The maximum absolute atomic E-state index is 13.8. The predicted molar refractivity (Wildman–Crippen MR) is 90.8 cm³/mol. The van der Waals surface area contributed by atoms with Crippen LogP contribution in [0.4, 0.5) is 19.4 Å². The summed E-state index contributed by atoms with van der Waals surface area (Å²) in [6.07, 6.45) is -2.29. The maximum Gasteiger partial charge on any atom is 0.327 e. The maximum atomic E-state index is 13.8. The number of benzene rings is 1. The summed E-state index contributed by atoms with van der Waals surface area (Å²) in [5.74, 6) is -2.47. The van der Waals surface area contributed by atoms with Crippen LogP contribution >= 0.6 is 10.2 Å². The van der Waals surface area contributed by atoms with Gasteiger partial charge in [0.25, 0.3) is 10.2 Å². The minimum Gasteiger partial charge on any atom is -0.465 e. The van der Waals surface area contributed by atoms with Gasteiger partial charge in [-0.1, -0.05) is 49.8 Å². The third-order valence-electron chi connectivity index (χ3n) is 3.93. The van der Waals surface area contributed by atoms with E-state index in [0.29, 0.717) is 10.6 Å². The molecule has 28 heavy (non-hydrogen) atoms. The number of ether oxygens (including phenoxy) is 2. The van der Waals surface area contributed by atoms with Crippen LogP contribution in [0.5, 0.6) is 0 Å². The van der Waals surface area contributed by atoms with E-state index in [1.807, 2.05) is 0 Å². The molecule has 6 nitrogen and oxygen atoms in total. The fraction of sp³-hybridized carbons (Fsp3) is 0.500. The minimum absolute atomic E-state index is 0.309. The number of hydrogen-bond acceptors (Lipinski definition) is 6. The Kier molecular flexibility index (Phi) is 5.72. The van der Waals surface area contributed by atoms with Gasteiger partial charge in [0.2, 0.25) is 0 Å². The van der Waals surface area contributed by atoms with Crippen LogP contribution in [0.1, 0.15) is 19.4 Å². The number of carbonyl (C=O) groups is 2. The van der Waals surface area contributed by atoms with Gasteiger partial charge in [-0.2, -0.15) is 5.06 Å². The minimum atomic E-state index is -10.3. The van der Waals surface area contributed by atoms with Crippen LogP contribution in [0.2, 0.25) is 0 Å². The molecular weight excluding hydrogens is 413 g/mol. The Morgan fingerprint density at radius 2 is 1.71 bits per heavy atom. The predicted octanol–water partition coefficient (Wildman–Crippen LogP) is 3.96. The molecule has 1 saturated heterocycles. The Morgan fingerprint density at radius 3 is 2.21 bits per heavy atom. The molecule has 1 aliphatic rings. The molecule has 12 heteroatoms. The summed E-state index contributed by atoms with van der Waals surface area (Å²) in [6.45, 7) is 0.461. The highest BCUT2D eigenvalue weighted by Crippen LogP contribution is 3.01. The monoisotopic (exact) mass is 433 g/mol. The Balaban J connectivity index is 2.47. The summed E-state index contributed by atoms with van der Waals surface area (Å²) in [6, 6.07) is 5.43. The van der Waals surface area contributed by atoms with E-state index in [-0.39, 0.29) is 13.2 Å². The number of carbonyl (C=O) groups excluding carboxylic acids is 2. The van der Waals surface area contributed by atoms with Crippen LogP contribution in [0.3, 0.4) is 0 Å². The van der Waals surface area contributed by atoms with Gasteiger partial charge >= 0.3 is 11.9 Å². The fourth-order valence-electron chi connectivity index (χ4n) is 2.90. The molecule has 0 spiro atoms. The van der Waals surface area contributed by atoms with Crippen LogP contribution in [0.25, 0.3) is 0 Å². The largest absolute Gasteiger partial charge is 0.465 e. The van der Waals surface area contributed by atoms with Crippen molar-refractivity contribution >= 4 is 22.2 Å². The van der Waals surface area contributed by atoms with Crippen LogP contribution in [-0.4, -0.2) is 47.6 Å². The standard InChI is InChI=1S/C16H20F5NO5S/c1-3-25-16(24)14-15(28(17,18,19,20)21)13(10-26-11(2)23)27-22(14)9-12-7-5-4-6-8-12/h4-8,13-15H,3,9-10H2,1-2H3/t13-,14+,15-/m0/s1. The molecule has 1 heterocycles. The van der Waals surface area contributed by atoms with E-state index < -0.39 is 46.2 Å². The lowest BCUT2D eigenvalue weighted by Crippen LogP contribution is -2.49. The lowest BCUT2D eigenvalue weighted by atomic mass is 10.1. The van der Waals surface area contributed by atoms with Crippen molar-refractivity contribution < 1.29 is 43.3 Å². The van der Waals surface area contributed by atoms with Crippen molar-refractivity contribution in [3.05, 3.63) is 35.9 Å². The molecule has 1 fully saturated rings. The fourth-order valence-corrected chi connectivity index (χ4v) is 4.34. The van der Waals surface area contributed by atoms with E-state index >= 15 is 0 Å². The van der Waals surface area contributed by atoms with Crippen molar-refractivity contribution in [2.45, 2.75) is 37.8 Å². The summed E-state index contributed by atoms with van der Waals surface area (Å²) in [5, 5.41) is -2.98. The second-order valence-corrected chi connectivity index (χ2v) is 8.80. The number of nitrogens with zero attached hydrogens (tertiary/aromatic N) is 1. The van der Waals surface area contributed by atoms with Crippen molar-refractivity contribution in [2.75, 3.05) is 13.2 Å². The van der Waals surface area contributed by atoms with Gasteiger partial charge < -0.3 is 9.47 Å². The van der Waals surface area contributed by atoms with E-state index in [0.717, 1.165) is 6.92 Å². The SMILES string of the molecule is CCOC(=O)[C@H]1[C@@H](S(F)(F)(F)(F)F)[C@H](COC(C)=O)ON1Cc1ccccc1. The van der Waals surface area contributed by atoms with Crippen molar-refractivity contribution in [3.8, 4) is 0 Å². The highest BCUT2D eigenvalue weighted by molar-refractivity contribution is 8.46. The van der Waals surface area contributed by atoms with E-state index in [1.54, 1.807) is 18.2 Å². The zero-order valence-electron chi connectivity index (χ0n) is 15.0. The quantitative estimate of drug-likeness (QED) is 0.479. The number of hydrogen-bond donors (Lipinski definition) is 0. The summed E-state index contributed by atoms with van der Waals surface area (Å²) in [7, 11) is -10.3. The smallest absolute Gasteiger partial charge is 0.327 e. The Morgan fingerprint density at radius 1 is 1.11 bits per heavy atom. The molecule has 0 radical (unpaired) electrons. The van der Waals surface area contributed by atoms with E-state index in [9.17, 15) is 29.0 Å². The summed E-state index contributed by atoms with van der Waals surface area (Å²) >= 11 is 0. The lowest BCUT2D eigenvalue weighted by molar-refractivity contribution is -0.194. The molecule has 0 aromatic heterocycles. The van der Waals surface area contributed by atoms with Gasteiger partial charge in [-0.25, -0.2) is 0 Å². The molecule has 0 amide bonds. The Bertz CT molecular complexity index is 730. The number of rotatable bonds is 7. The molecule has 160 valence electrons. The van der Waals surface area contributed by atoms with E-state index in [1.165, 1.54) is 19.1 Å². The van der Waals surface area contributed by atoms with Crippen molar-refractivity contribution in [1.29, 1.82) is 0 Å². The van der Waals surface area contributed by atoms with Crippen molar-refractivity contribution in [1.82, 2.24) is 5.06 Å². The first-order valence-electron chi connectivity index (χ1n) is 8.23. The second-order valence-electron chi connectivity index (χ2n) is 6.20. The van der Waals surface area contributed by atoms with Crippen molar-refractivity contribution in [3.63, 3.8) is 0 Å². The lowest BCUT2D eigenvalue weighted by Gasteiger charge is -2.47. The van der Waals surface area contributed by atoms with Crippen molar-refractivity contribution in [2.24, 2.45) is 0 Å². The van der Waals surface area contributed by atoms with Gasteiger partial charge in [-0.05, 0) is 12.5 Å². The van der Waals surface area contributed by atoms with Crippen LogP contribution in [0, 0.1) is 0 Å². The number of esters is 2. The molecule has 1 aromatic rings. The van der Waals surface area contributed by atoms with Gasteiger partial charge in [0, 0.05) is 6.92 Å². The van der Waals surface area contributed by atoms with Gasteiger partial charge in [0.05, 0.1) is 13.2 Å². The molecule has 1 aliphatic heterocycles. The Hall–Kier alpha value is -1.92. The third-order valence-corrected chi connectivity index (χ3v) is 5.52. The van der Waals surface area contributed by atoms with Gasteiger partial charge in [-0.15, -0.1) is 0 Å². The number of halogens is 5. The summed E-state index contributed by atoms with van der Waals surface area (Å²) < 4.78 is 78.1. The zero-order valence-corrected chi connectivity index (χ0v) is 15.8. The third kappa shape index (κ3) is 5.55. The topological polar surface area (TPSA) is 65.1 Å². The number of hydroxylamine groups is 2. The first-order valence-corrected chi connectivity index (χ1v) is 10.2. The van der Waals surface area contributed by atoms with Crippen LogP contribution < -0.4 is 0 Å². The van der Waals surface area contributed by atoms with E-state index in [4.69, 9.17) is 4.84 Å². The highest BCUT2D eigenvalue weighted by atomic mass is 32.5. The zero-order chi connectivity index (χ0) is 21.2. The molecule has 3 atom stereocenters. The molecule has 0 aliphatic carbocycles. The molecular formula is C16H20F5NO5S. The Labute approximate surface area is 158 Å². The molecule has 1 aromatic carbocycles. The van der Waals surface area contributed by atoms with E-state index in [2.05, 4.69) is 9.47 Å². The molecule has 0 N–H and O–H groups in total. The molecule has 0 saturated carbocycles. The van der Waals surface area contributed by atoms with Gasteiger partial charge in [0.15, 0.2) is 11.3 Å². The normalized spacial score (nSPS) is 25.6. The molecule has 0 unspecified atom stereocenters. The molecule has 0 bridgehead atoms. The average molecular weight is 433 g/mol. The highest BCUT2D eigenvalue weighted by Gasteiger charge is 2.78. The first kappa shape index (κ1) is 22.4. The summed E-state index contributed by atoms with van der Waals surface area (Å²) in [4.78, 5) is 28.2. The summed E-state index contributed by atoms with van der Waals surface area (Å²) in [5.41, 5.74) is 0.422. The van der Waals surface area contributed by atoms with Crippen LogP contribution in [0.15, 0.2) is 30.3 Å². The van der Waals surface area contributed by atoms with Gasteiger partial charge in [-0.3, -0.25) is 14.4 Å². The van der Waals surface area contributed by atoms with Crippen LogP contribution in [-0.2, 0) is 30.4 Å². The molecule has 2 rings (SSSR count).